The Balaban J connectivity index is 1.82. The lowest BCUT2D eigenvalue weighted by molar-refractivity contribution is -0.144. The molecule has 0 heterocycles. The van der Waals surface area contributed by atoms with E-state index in [4.69, 9.17) is 9.47 Å². The number of nitrogens with one attached hydrogen (secondary N) is 2. The van der Waals surface area contributed by atoms with Gasteiger partial charge in [0.25, 0.3) is 5.91 Å². The van der Waals surface area contributed by atoms with E-state index >= 15 is 0 Å². The molecule has 0 unspecified atom stereocenters. The topological polar surface area (TPSA) is 93.7 Å². The van der Waals surface area contributed by atoms with Gasteiger partial charge in [0, 0.05) is 12.6 Å². The van der Waals surface area contributed by atoms with Gasteiger partial charge >= 0.3 is 5.97 Å². The van der Waals surface area contributed by atoms with E-state index in [2.05, 4.69) is 10.6 Å². The molecule has 0 fully saturated rings. The minimum Gasteiger partial charge on any atom is -0.457 e. The van der Waals surface area contributed by atoms with Gasteiger partial charge in [0.05, 0.1) is 0 Å². The molecule has 2 aromatic carbocycles. The predicted molar refractivity (Wildman–Crippen MR) is 109 cm³/mol. The Bertz CT molecular complexity index is 865. The highest BCUT2D eigenvalue weighted by Crippen LogP contribution is 2.22. The van der Waals surface area contributed by atoms with Gasteiger partial charge in [-0.05, 0) is 49.8 Å². The van der Waals surface area contributed by atoms with Crippen molar-refractivity contribution in [2.75, 3.05) is 13.2 Å². The highest BCUT2D eigenvalue weighted by atomic mass is 16.5. The van der Waals surface area contributed by atoms with E-state index in [-0.39, 0.29) is 5.91 Å². The maximum atomic E-state index is 11.8. The maximum Gasteiger partial charge on any atom is 0.331 e. The SMILES string of the molecule is CCNC(=O)[C@H](C)NC(=O)COC(=O)/C=C/c1cccc(Oc2ccccc2)c1. The molecule has 2 amide bonds. The summed E-state index contributed by atoms with van der Waals surface area (Å²) in [6.45, 7) is 3.33. The number of carbonyl (C=O) groups excluding carboxylic acids is 3. The minimum absolute atomic E-state index is 0.301. The zero-order chi connectivity index (χ0) is 21.1. The normalized spacial score (nSPS) is 11.5. The Labute approximate surface area is 169 Å². The van der Waals surface area contributed by atoms with Crippen LogP contribution < -0.4 is 15.4 Å². The number of para-hydroxylation sites is 1. The second kappa shape index (κ2) is 11.3. The first-order chi connectivity index (χ1) is 14.0. The van der Waals surface area contributed by atoms with Crippen molar-refractivity contribution in [3.05, 3.63) is 66.2 Å². The van der Waals surface area contributed by atoms with Gasteiger partial charge in [0.1, 0.15) is 17.5 Å². The summed E-state index contributed by atoms with van der Waals surface area (Å²) in [7, 11) is 0. The summed E-state index contributed by atoms with van der Waals surface area (Å²) >= 11 is 0. The molecule has 0 saturated carbocycles. The van der Waals surface area contributed by atoms with Crippen LogP contribution in [0.4, 0.5) is 0 Å². The number of ether oxygens (including phenoxy) is 2. The maximum absolute atomic E-state index is 11.8. The van der Waals surface area contributed by atoms with Crippen molar-refractivity contribution in [1.29, 1.82) is 0 Å². The summed E-state index contributed by atoms with van der Waals surface area (Å²) in [4.78, 5) is 35.1. The Morgan fingerprint density at radius 1 is 1.03 bits per heavy atom. The number of carbonyl (C=O) groups is 3. The van der Waals surface area contributed by atoms with E-state index in [0.29, 0.717) is 18.0 Å². The molecule has 2 rings (SSSR count). The molecule has 0 aliphatic heterocycles. The second-order valence-electron chi connectivity index (χ2n) is 6.11. The first-order valence-corrected chi connectivity index (χ1v) is 9.23. The third-order valence-corrected chi connectivity index (χ3v) is 3.72. The number of hydrogen-bond acceptors (Lipinski definition) is 5. The Kier molecular flexibility index (Phi) is 8.44. The molecule has 29 heavy (non-hydrogen) atoms. The van der Waals surface area contributed by atoms with Gasteiger partial charge in [0.15, 0.2) is 6.61 Å². The van der Waals surface area contributed by atoms with Crippen LogP contribution in [0.3, 0.4) is 0 Å². The van der Waals surface area contributed by atoms with Crippen LogP contribution in [0.15, 0.2) is 60.7 Å². The molecule has 152 valence electrons. The molecule has 2 N–H and O–H groups in total. The summed E-state index contributed by atoms with van der Waals surface area (Å²) in [5.74, 6) is -0.181. The van der Waals surface area contributed by atoms with Crippen LogP contribution in [0.25, 0.3) is 6.08 Å². The van der Waals surface area contributed by atoms with Crippen molar-refractivity contribution in [1.82, 2.24) is 10.6 Å². The van der Waals surface area contributed by atoms with Crippen LogP contribution in [-0.2, 0) is 19.1 Å². The number of hydrogen-bond donors (Lipinski definition) is 2. The molecule has 0 radical (unpaired) electrons. The first kappa shape index (κ1) is 21.7. The van der Waals surface area contributed by atoms with Gasteiger partial charge in [-0.2, -0.15) is 0 Å². The summed E-state index contributed by atoms with van der Waals surface area (Å²) in [6, 6.07) is 15.8. The third-order valence-electron chi connectivity index (χ3n) is 3.72. The number of amides is 2. The largest absolute Gasteiger partial charge is 0.457 e. The standard InChI is InChI=1S/C22H24N2O5/c1-3-23-22(27)16(2)24-20(25)15-28-21(26)13-12-17-8-7-11-19(14-17)29-18-9-5-4-6-10-18/h4-14,16H,3,15H2,1-2H3,(H,23,27)(H,24,25)/b13-12+/t16-/m0/s1. The first-order valence-electron chi connectivity index (χ1n) is 9.23. The summed E-state index contributed by atoms with van der Waals surface area (Å²) in [5.41, 5.74) is 0.740. The number of esters is 1. The van der Waals surface area contributed by atoms with E-state index in [0.717, 1.165) is 5.56 Å². The van der Waals surface area contributed by atoms with Gasteiger partial charge in [-0.3, -0.25) is 9.59 Å². The van der Waals surface area contributed by atoms with Crippen LogP contribution in [-0.4, -0.2) is 37.0 Å². The van der Waals surface area contributed by atoms with Crippen LogP contribution in [0.2, 0.25) is 0 Å². The Morgan fingerprint density at radius 2 is 1.76 bits per heavy atom. The molecule has 7 heteroatoms. The Hall–Kier alpha value is -3.61. The van der Waals surface area contributed by atoms with Crippen LogP contribution in [0.1, 0.15) is 19.4 Å². The second-order valence-corrected chi connectivity index (χ2v) is 6.11. The van der Waals surface area contributed by atoms with E-state index in [1.54, 1.807) is 32.1 Å². The summed E-state index contributed by atoms with van der Waals surface area (Å²) in [6.07, 6.45) is 2.79. The van der Waals surface area contributed by atoms with Crippen LogP contribution >= 0.6 is 0 Å². The number of rotatable bonds is 9. The number of likely N-dealkylation sites (N-methyl/N-ethyl adjacent to an activating group) is 1. The molecule has 0 aromatic heterocycles. The summed E-state index contributed by atoms with van der Waals surface area (Å²) in [5, 5.41) is 5.05. The average molecular weight is 396 g/mol. The van der Waals surface area contributed by atoms with Crippen LogP contribution in [0.5, 0.6) is 11.5 Å². The van der Waals surface area contributed by atoms with Crippen LogP contribution in [0, 0.1) is 0 Å². The lowest BCUT2D eigenvalue weighted by Crippen LogP contribution is -2.46. The van der Waals surface area contributed by atoms with E-state index in [1.165, 1.54) is 6.08 Å². The molecule has 0 saturated heterocycles. The molecule has 0 aliphatic rings. The van der Waals surface area contributed by atoms with Gasteiger partial charge in [-0.15, -0.1) is 0 Å². The molecular weight excluding hydrogens is 372 g/mol. The van der Waals surface area contributed by atoms with Gasteiger partial charge in [-0.1, -0.05) is 30.3 Å². The quantitative estimate of drug-likeness (QED) is 0.502. The molecule has 0 bridgehead atoms. The minimum atomic E-state index is -0.705. The fourth-order valence-electron chi connectivity index (χ4n) is 2.33. The lowest BCUT2D eigenvalue weighted by Gasteiger charge is -2.12. The van der Waals surface area contributed by atoms with Crippen molar-refractivity contribution in [3.8, 4) is 11.5 Å². The molecular formula is C22H24N2O5. The van der Waals surface area contributed by atoms with Crippen molar-refractivity contribution in [2.45, 2.75) is 19.9 Å². The Morgan fingerprint density at radius 3 is 2.48 bits per heavy atom. The lowest BCUT2D eigenvalue weighted by atomic mass is 10.2. The molecule has 7 nitrogen and oxygen atoms in total. The van der Waals surface area contributed by atoms with E-state index in [9.17, 15) is 14.4 Å². The molecule has 0 aliphatic carbocycles. The smallest absolute Gasteiger partial charge is 0.331 e. The molecule has 1 atom stereocenters. The van der Waals surface area contributed by atoms with Crippen molar-refractivity contribution >= 4 is 23.9 Å². The van der Waals surface area contributed by atoms with E-state index < -0.39 is 24.5 Å². The van der Waals surface area contributed by atoms with Crippen molar-refractivity contribution < 1.29 is 23.9 Å². The third kappa shape index (κ3) is 7.88. The molecule has 2 aromatic rings. The highest BCUT2D eigenvalue weighted by Gasteiger charge is 2.15. The zero-order valence-electron chi connectivity index (χ0n) is 16.4. The van der Waals surface area contributed by atoms with E-state index in [1.807, 2.05) is 42.5 Å². The fraction of sp³-hybridized carbons (Fsp3) is 0.227. The highest BCUT2D eigenvalue weighted by molar-refractivity contribution is 5.91. The fourth-order valence-corrected chi connectivity index (χ4v) is 2.33. The van der Waals surface area contributed by atoms with Crippen molar-refractivity contribution in [2.24, 2.45) is 0 Å². The number of benzene rings is 2. The summed E-state index contributed by atoms with van der Waals surface area (Å²) < 4.78 is 10.6. The van der Waals surface area contributed by atoms with Gasteiger partial charge in [0.2, 0.25) is 5.91 Å². The molecule has 0 spiro atoms. The van der Waals surface area contributed by atoms with Crippen molar-refractivity contribution in [3.63, 3.8) is 0 Å². The zero-order valence-corrected chi connectivity index (χ0v) is 16.4. The van der Waals surface area contributed by atoms with Gasteiger partial charge < -0.3 is 20.1 Å². The predicted octanol–water partition coefficient (Wildman–Crippen LogP) is 2.68. The average Bonchev–Trinajstić information content (AvgIpc) is 2.72. The van der Waals surface area contributed by atoms with Gasteiger partial charge in [-0.25, -0.2) is 4.79 Å². The monoisotopic (exact) mass is 396 g/mol.